The monoisotopic (exact) mass is 373 g/mol. The number of hydrogen-bond acceptors (Lipinski definition) is 4. The van der Waals surface area contributed by atoms with Gasteiger partial charge in [0.25, 0.3) is 11.6 Å². The predicted molar refractivity (Wildman–Crippen MR) is 98.6 cm³/mol. The molecule has 2 N–H and O–H groups in total. The average molecular weight is 374 g/mol. The molecule has 1 amide bonds. The number of H-pyrrole nitrogens is 1. The molecule has 0 bridgehead atoms. The first-order valence-electron chi connectivity index (χ1n) is 7.93. The number of para-hydroxylation sites is 1. The van der Waals surface area contributed by atoms with E-state index in [1.54, 1.807) is 0 Å². The van der Waals surface area contributed by atoms with Crippen LogP contribution in [-0.2, 0) is 11.2 Å². The standard InChI is InChI=1S/C18H16ClN3O4/c19-15-9-13(22(24)25)5-6-17(15)26-11-18(23)20-8-7-12-10-21-16-4-2-1-3-14(12)16/h1-6,9-10,21H,7-8,11H2,(H,20,23). The topological polar surface area (TPSA) is 97.3 Å². The summed E-state index contributed by atoms with van der Waals surface area (Å²) in [7, 11) is 0. The minimum absolute atomic E-state index is 0.0887. The van der Waals surface area contributed by atoms with Crippen LogP contribution >= 0.6 is 11.6 Å². The molecule has 0 radical (unpaired) electrons. The summed E-state index contributed by atoms with van der Waals surface area (Å²) in [5.74, 6) is -0.0664. The third kappa shape index (κ3) is 4.12. The van der Waals surface area contributed by atoms with E-state index in [9.17, 15) is 14.9 Å². The van der Waals surface area contributed by atoms with Gasteiger partial charge >= 0.3 is 0 Å². The van der Waals surface area contributed by atoms with Crippen molar-refractivity contribution >= 4 is 34.1 Å². The van der Waals surface area contributed by atoms with Gasteiger partial charge in [0, 0.05) is 35.8 Å². The Morgan fingerprint density at radius 3 is 2.85 bits per heavy atom. The molecular formula is C18H16ClN3O4. The summed E-state index contributed by atoms with van der Waals surface area (Å²) >= 11 is 5.92. The van der Waals surface area contributed by atoms with Crippen molar-refractivity contribution < 1.29 is 14.5 Å². The Bertz CT molecular complexity index is 955. The first-order valence-corrected chi connectivity index (χ1v) is 8.31. The minimum Gasteiger partial charge on any atom is -0.482 e. The van der Waals surface area contributed by atoms with Crippen molar-refractivity contribution in [2.24, 2.45) is 0 Å². The van der Waals surface area contributed by atoms with Crippen molar-refractivity contribution in [2.75, 3.05) is 13.2 Å². The lowest BCUT2D eigenvalue weighted by Crippen LogP contribution is -2.30. The molecule has 0 aliphatic heterocycles. The summed E-state index contributed by atoms with van der Waals surface area (Å²) < 4.78 is 5.32. The highest BCUT2D eigenvalue weighted by atomic mass is 35.5. The van der Waals surface area contributed by atoms with Crippen molar-refractivity contribution in [3.8, 4) is 5.75 Å². The number of amides is 1. The number of carbonyl (C=O) groups excluding carboxylic acids is 1. The van der Waals surface area contributed by atoms with Crippen molar-refractivity contribution in [1.29, 1.82) is 0 Å². The molecule has 1 aromatic heterocycles. The van der Waals surface area contributed by atoms with E-state index in [0.717, 1.165) is 16.5 Å². The summed E-state index contributed by atoms with van der Waals surface area (Å²) in [5.41, 5.74) is 2.05. The zero-order valence-electron chi connectivity index (χ0n) is 13.7. The predicted octanol–water partition coefficient (Wildman–Crippen LogP) is 3.47. The van der Waals surface area contributed by atoms with E-state index < -0.39 is 4.92 Å². The van der Waals surface area contributed by atoms with Crippen LogP contribution in [0.4, 0.5) is 5.69 Å². The van der Waals surface area contributed by atoms with Crippen molar-refractivity contribution in [3.63, 3.8) is 0 Å². The van der Waals surface area contributed by atoms with Crippen molar-refractivity contribution in [2.45, 2.75) is 6.42 Å². The van der Waals surface area contributed by atoms with E-state index in [1.807, 2.05) is 30.5 Å². The lowest BCUT2D eigenvalue weighted by Gasteiger charge is -2.08. The summed E-state index contributed by atoms with van der Waals surface area (Å²) in [6.45, 7) is 0.253. The van der Waals surface area contributed by atoms with Crippen LogP contribution in [0.3, 0.4) is 0 Å². The van der Waals surface area contributed by atoms with Gasteiger partial charge in [-0.3, -0.25) is 14.9 Å². The number of aromatic nitrogens is 1. The second-order valence-electron chi connectivity index (χ2n) is 5.62. The van der Waals surface area contributed by atoms with Crippen LogP contribution in [0.2, 0.25) is 5.02 Å². The highest BCUT2D eigenvalue weighted by Gasteiger charge is 2.11. The molecule has 134 valence electrons. The molecule has 0 unspecified atom stereocenters. The smallest absolute Gasteiger partial charge is 0.271 e. The number of nitrogens with zero attached hydrogens (tertiary/aromatic N) is 1. The Hall–Kier alpha value is -3.06. The number of ether oxygens (including phenoxy) is 1. The highest BCUT2D eigenvalue weighted by Crippen LogP contribution is 2.28. The number of nitrogens with one attached hydrogen (secondary N) is 2. The normalized spacial score (nSPS) is 10.7. The second-order valence-corrected chi connectivity index (χ2v) is 6.03. The lowest BCUT2D eigenvalue weighted by atomic mass is 10.1. The molecule has 0 aliphatic carbocycles. The van der Waals surface area contributed by atoms with Gasteiger partial charge in [0.1, 0.15) is 5.75 Å². The number of halogens is 1. The number of non-ortho nitro benzene ring substituents is 1. The minimum atomic E-state index is -0.549. The van der Waals surface area contributed by atoms with Crippen LogP contribution in [0.5, 0.6) is 5.75 Å². The molecule has 8 heteroatoms. The first-order chi connectivity index (χ1) is 12.5. The number of fused-ring (bicyclic) bond motifs is 1. The van der Waals surface area contributed by atoms with Gasteiger partial charge in [-0.1, -0.05) is 29.8 Å². The Labute approximate surface area is 154 Å². The number of nitro groups is 1. The highest BCUT2D eigenvalue weighted by molar-refractivity contribution is 6.32. The fourth-order valence-electron chi connectivity index (χ4n) is 2.59. The van der Waals surface area contributed by atoms with Crippen molar-refractivity contribution in [1.82, 2.24) is 10.3 Å². The summed E-state index contributed by atoms with van der Waals surface area (Å²) in [5, 5.41) is 14.7. The summed E-state index contributed by atoms with van der Waals surface area (Å²) in [6, 6.07) is 11.8. The van der Waals surface area contributed by atoms with Crippen LogP contribution in [0.25, 0.3) is 10.9 Å². The Morgan fingerprint density at radius 1 is 1.27 bits per heavy atom. The maximum atomic E-state index is 11.9. The molecular weight excluding hydrogens is 358 g/mol. The lowest BCUT2D eigenvalue weighted by molar-refractivity contribution is -0.384. The number of nitro benzene ring substituents is 1. The molecule has 3 aromatic rings. The van der Waals surface area contributed by atoms with E-state index in [2.05, 4.69) is 10.3 Å². The first kappa shape index (κ1) is 17.8. The quantitative estimate of drug-likeness (QED) is 0.489. The van der Waals surface area contributed by atoms with E-state index >= 15 is 0 Å². The fourth-order valence-corrected chi connectivity index (χ4v) is 2.82. The zero-order chi connectivity index (χ0) is 18.5. The largest absolute Gasteiger partial charge is 0.482 e. The van der Waals surface area contributed by atoms with Gasteiger partial charge in [-0.15, -0.1) is 0 Å². The van der Waals surface area contributed by atoms with Gasteiger partial charge in [0.05, 0.1) is 9.95 Å². The van der Waals surface area contributed by atoms with Gasteiger partial charge in [0.15, 0.2) is 6.61 Å². The molecule has 7 nitrogen and oxygen atoms in total. The Morgan fingerprint density at radius 2 is 2.08 bits per heavy atom. The Balaban J connectivity index is 1.48. The molecule has 0 saturated heterocycles. The molecule has 0 fully saturated rings. The number of carbonyl (C=O) groups is 1. The molecule has 1 heterocycles. The van der Waals surface area contributed by atoms with Crippen LogP contribution < -0.4 is 10.1 Å². The summed E-state index contributed by atoms with van der Waals surface area (Å²) in [4.78, 5) is 25.2. The van der Waals surface area contributed by atoms with Crippen LogP contribution in [0.1, 0.15) is 5.56 Å². The third-order valence-corrected chi connectivity index (χ3v) is 4.17. The van der Waals surface area contributed by atoms with Gasteiger partial charge in [-0.2, -0.15) is 0 Å². The maximum absolute atomic E-state index is 11.9. The molecule has 2 aromatic carbocycles. The fraction of sp³-hybridized carbons (Fsp3) is 0.167. The molecule has 0 aliphatic rings. The number of benzene rings is 2. The van der Waals surface area contributed by atoms with Gasteiger partial charge in [-0.05, 0) is 24.1 Å². The van der Waals surface area contributed by atoms with Crippen LogP contribution in [0, 0.1) is 10.1 Å². The molecule has 0 atom stereocenters. The third-order valence-electron chi connectivity index (χ3n) is 3.88. The number of rotatable bonds is 7. The van der Waals surface area contributed by atoms with Crippen LogP contribution in [-0.4, -0.2) is 29.0 Å². The Kier molecular flexibility index (Phi) is 5.38. The summed E-state index contributed by atoms with van der Waals surface area (Å²) in [6.07, 6.45) is 2.62. The second kappa shape index (κ2) is 7.88. The van der Waals surface area contributed by atoms with Crippen molar-refractivity contribution in [3.05, 3.63) is 69.4 Å². The maximum Gasteiger partial charge on any atom is 0.271 e. The number of hydrogen-bond donors (Lipinski definition) is 2. The van der Waals surface area contributed by atoms with E-state index in [4.69, 9.17) is 16.3 Å². The van der Waals surface area contributed by atoms with Gasteiger partial charge in [0.2, 0.25) is 0 Å². The SMILES string of the molecule is O=C(COc1ccc([N+](=O)[O-])cc1Cl)NCCc1c[nH]c2ccccc12. The van der Waals surface area contributed by atoms with Gasteiger partial charge < -0.3 is 15.0 Å². The van der Waals surface area contributed by atoms with E-state index in [0.29, 0.717) is 13.0 Å². The van der Waals surface area contributed by atoms with E-state index in [-0.39, 0.29) is 29.0 Å². The van der Waals surface area contributed by atoms with Crippen LogP contribution in [0.15, 0.2) is 48.7 Å². The van der Waals surface area contributed by atoms with E-state index in [1.165, 1.54) is 18.2 Å². The molecule has 26 heavy (non-hydrogen) atoms. The number of aromatic amines is 1. The zero-order valence-corrected chi connectivity index (χ0v) is 14.5. The van der Waals surface area contributed by atoms with Gasteiger partial charge in [-0.25, -0.2) is 0 Å². The average Bonchev–Trinajstić information content (AvgIpc) is 3.04. The molecule has 0 spiro atoms. The molecule has 3 rings (SSSR count). The molecule has 0 saturated carbocycles.